The molecule has 2 heterocycles. The van der Waals surface area contributed by atoms with Crippen LogP contribution in [-0.4, -0.2) is 19.2 Å². The molecule has 26 heavy (non-hydrogen) atoms. The number of para-hydroxylation sites is 1. The Morgan fingerprint density at radius 3 is 2.73 bits per heavy atom. The minimum absolute atomic E-state index is 0.143. The fourth-order valence-electron chi connectivity index (χ4n) is 3.36. The van der Waals surface area contributed by atoms with E-state index in [-0.39, 0.29) is 5.69 Å². The zero-order valence-electron chi connectivity index (χ0n) is 15.1. The second-order valence-electron chi connectivity index (χ2n) is 6.74. The molecule has 132 valence electrons. The van der Waals surface area contributed by atoms with Crippen LogP contribution in [0.5, 0.6) is 0 Å². The number of rotatable bonds is 5. The minimum atomic E-state index is -0.143. The van der Waals surface area contributed by atoms with E-state index >= 15 is 0 Å². The molecule has 0 amide bonds. The molecule has 0 N–H and O–H groups in total. The molecule has 0 bridgehead atoms. The third kappa shape index (κ3) is 2.90. The van der Waals surface area contributed by atoms with Crippen molar-refractivity contribution in [2.45, 2.75) is 39.7 Å². The summed E-state index contributed by atoms with van der Waals surface area (Å²) in [5.74, 6) is 0.738. The Morgan fingerprint density at radius 2 is 1.92 bits per heavy atom. The van der Waals surface area contributed by atoms with Crippen LogP contribution in [0.15, 0.2) is 53.3 Å². The first-order valence-corrected chi connectivity index (χ1v) is 9.10. The Kier molecular flexibility index (Phi) is 4.29. The SMILES string of the molecule is CCCCc1nc2c3ccccc3n(Cc3cccc(C)c3)c(=O)n2n1. The van der Waals surface area contributed by atoms with Gasteiger partial charge in [0.1, 0.15) is 0 Å². The molecule has 2 aromatic heterocycles. The van der Waals surface area contributed by atoms with E-state index < -0.39 is 0 Å². The van der Waals surface area contributed by atoms with Crippen molar-refractivity contribution in [3.8, 4) is 0 Å². The average Bonchev–Trinajstić information content (AvgIpc) is 3.08. The van der Waals surface area contributed by atoms with E-state index in [0.29, 0.717) is 12.2 Å². The third-order valence-electron chi connectivity index (χ3n) is 4.68. The van der Waals surface area contributed by atoms with Gasteiger partial charge in [0.2, 0.25) is 0 Å². The van der Waals surface area contributed by atoms with Gasteiger partial charge in [-0.1, -0.05) is 55.3 Å². The summed E-state index contributed by atoms with van der Waals surface area (Å²) >= 11 is 0. The number of hydrogen-bond acceptors (Lipinski definition) is 3. The number of unbranched alkanes of at least 4 members (excludes halogenated alkanes) is 1. The summed E-state index contributed by atoms with van der Waals surface area (Å²) in [5.41, 5.74) is 3.68. The Hall–Kier alpha value is -2.95. The molecule has 0 radical (unpaired) electrons. The lowest BCUT2D eigenvalue weighted by Gasteiger charge is -2.11. The predicted octanol–water partition coefficient (Wildman–Crippen LogP) is 3.74. The molecule has 0 aliphatic heterocycles. The number of benzene rings is 2. The van der Waals surface area contributed by atoms with Gasteiger partial charge >= 0.3 is 5.69 Å². The first-order valence-electron chi connectivity index (χ1n) is 9.10. The van der Waals surface area contributed by atoms with Gasteiger partial charge < -0.3 is 0 Å². The molecule has 5 nitrogen and oxygen atoms in total. The highest BCUT2D eigenvalue weighted by molar-refractivity contribution is 5.91. The van der Waals surface area contributed by atoms with Gasteiger partial charge in [0.15, 0.2) is 11.5 Å². The molecule has 0 spiro atoms. The number of nitrogens with zero attached hydrogens (tertiary/aromatic N) is 4. The smallest absolute Gasteiger partial charge is 0.287 e. The Morgan fingerprint density at radius 1 is 1.08 bits per heavy atom. The molecular formula is C21H22N4O. The van der Waals surface area contributed by atoms with Gasteiger partial charge in [0.05, 0.1) is 12.1 Å². The topological polar surface area (TPSA) is 52.2 Å². The quantitative estimate of drug-likeness (QED) is 0.553. The van der Waals surface area contributed by atoms with Crippen molar-refractivity contribution in [2.75, 3.05) is 0 Å². The maximum Gasteiger partial charge on any atom is 0.351 e. The van der Waals surface area contributed by atoms with Gasteiger partial charge in [-0.2, -0.15) is 4.52 Å². The lowest BCUT2D eigenvalue weighted by Crippen LogP contribution is -2.28. The van der Waals surface area contributed by atoms with Crippen molar-refractivity contribution in [2.24, 2.45) is 0 Å². The van der Waals surface area contributed by atoms with Crippen LogP contribution in [0.25, 0.3) is 16.6 Å². The highest BCUT2D eigenvalue weighted by atomic mass is 16.2. The largest absolute Gasteiger partial charge is 0.351 e. The van der Waals surface area contributed by atoms with Crippen LogP contribution in [0.2, 0.25) is 0 Å². The molecule has 0 aliphatic rings. The van der Waals surface area contributed by atoms with Crippen molar-refractivity contribution in [1.29, 1.82) is 0 Å². The lowest BCUT2D eigenvalue weighted by atomic mass is 10.1. The van der Waals surface area contributed by atoms with Crippen LogP contribution in [0, 0.1) is 6.92 Å². The van der Waals surface area contributed by atoms with Crippen LogP contribution in [-0.2, 0) is 13.0 Å². The fourth-order valence-corrected chi connectivity index (χ4v) is 3.36. The monoisotopic (exact) mass is 346 g/mol. The first-order chi connectivity index (χ1) is 12.7. The molecule has 0 saturated carbocycles. The van der Waals surface area contributed by atoms with Crippen LogP contribution in [0.3, 0.4) is 0 Å². The standard InChI is InChI=1S/C21H22N4O/c1-3-4-12-19-22-20-17-10-5-6-11-18(17)24(21(26)25(20)23-19)14-16-9-7-8-15(2)13-16/h5-11,13H,3-4,12,14H2,1-2H3. The second-order valence-corrected chi connectivity index (χ2v) is 6.74. The number of hydrogen-bond donors (Lipinski definition) is 0. The summed E-state index contributed by atoms with van der Waals surface area (Å²) < 4.78 is 3.25. The van der Waals surface area contributed by atoms with Crippen LogP contribution < -0.4 is 5.69 Å². The molecular weight excluding hydrogens is 324 g/mol. The van der Waals surface area contributed by atoms with Crippen LogP contribution >= 0.6 is 0 Å². The zero-order chi connectivity index (χ0) is 18.1. The first kappa shape index (κ1) is 16.5. The Labute approximate surface area is 151 Å². The predicted molar refractivity (Wildman–Crippen MR) is 104 cm³/mol. The van der Waals surface area contributed by atoms with Gasteiger partial charge in [0, 0.05) is 11.8 Å². The summed E-state index contributed by atoms with van der Waals surface area (Å²) in [6.45, 7) is 4.71. The highest BCUT2D eigenvalue weighted by Crippen LogP contribution is 2.18. The average molecular weight is 346 g/mol. The van der Waals surface area contributed by atoms with Crippen LogP contribution in [0.1, 0.15) is 36.7 Å². The Balaban J connectivity index is 1.93. The molecule has 0 saturated heterocycles. The second kappa shape index (κ2) is 6.75. The normalized spacial score (nSPS) is 11.5. The number of fused-ring (bicyclic) bond motifs is 3. The number of aromatic nitrogens is 4. The summed E-state index contributed by atoms with van der Waals surface area (Å²) in [5, 5.41) is 5.45. The van der Waals surface area contributed by atoms with Crippen molar-refractivity contribution in [3.63, 3.8) is 0 Å². The fraction of sp³-hybridized carbons (Fsp3) is 0.286. The minimum Gasteiger partial charge on any atom is -0.287 e. The van der Waals surface area contributed by atoms with Crippen molar-refractivity contribution in [1.82, 2.24) is 19.2 Å². The van der Waals surface area contributed by atoms with E-state index in [2.05, 4.69) is 36.1 Å². The van der Waals surface area contributed by atoms with Gasteiger partial charge in [-0.15, -0.1) is 5.10 Å². The molecule has 5 heteroatoms. The third-order valence-corrected chi connectivity index (χ3v) is 4.68. The van der Waals surface area contributed by atoms with Gasteiger partial charge in [0.25, 0.3) is 0 Å². The molecule has 0 atom stereocenters. The summed E-state index contributed by atoms with van der Waals surface area (Å²) in [6.07, 6.45) is 2.89. The van der Waals surface area contributed by atoms with Crippen molar-refractivity contribution >= 4 is 16.6 Å². The maximum atomic E-state index is 13.1. The van der Waals surface area contributed by atoms with E-state index in [9.17, 15) is 4.79 Å². The highest BCUT2D eigenvalue weighted by Gasteiger charge is 2.14. The van der Waals surface area contributed by atoms with Crippen molar-refractivity contribution in [3.05, 3.63) is 76.0 Å². The van der Waals surface area contributed by atoms with Crippen LogP contribution in [0.4, 0.5) is 0 Å². The molecule has 4 aromatic rings. The summed E-state index contributed by atoms with van der Waals surface area (Å²) in [6, 6.07) is 16.2. The van der Waals surface area contributed by atoms with E-state index in [1.54, 1.807) is 4.57 Å². The van der Waals surface area contributed by atoms with E-state index in [4.69, 9.17) is 0 Å². The number of aryl methyl sites for hydroxylation is 2. The lowest BCUT2D eigenvalue weighted by molar-refractivity contribution is 0.697. The Bertz CT molecular complexity index is 1140. The molecule has 2 aromatic carbocycles. The van der Waals surface area contributed by atoms with Gasteiger partial charge in [-0.3, -0.25) is 4.57 Å². The summed E-state index contributed by atoms with van der Waals surface area (Å²) in [7, 11) is 0. The maximum absolute atomic E-state index is 13.1. The van der Waals surface area contributed by atoms with E-state index in [1.165, 1.54) is 10.1 Å². The van der Waals surface area contributed by atoms with Gasteiger partial charge in [-0.05, 0) is 31.0 Å². The van der Waals surface area contributed by atoms with E-state index in [0.717, 1.165) is 41.6 Å². The molecule has 0 unspecified atom stereocenters. The summed E-state index contributed by atoms with van der Waals surface area (Å²) in [4.78, 5) is 17.8. The molecule has 0 aliphatic carbocycles. The molecule has 4 rings (SSSR count). The van der Waals surface area contributed by atoms with Gasteiger partial charge in [-0.25, -0.2) is 9.78 Å². The zero-order valence-corrected chi connectivity index (χ0v) is 15.1. The van der Waals surface area contributed by atoms with Crippen molar-refractivity contribution < 1.29 is 0 Å². The van der Waals surface area contributed by atoms with E-state index in [1.807, 2.05) is 36.4 Å². The molecule has 0 fully saturated rings.